The summed E-state index contributed by atoms with van der Waals surface area (Å²) in [6.45, 7) is 5.37. The first-order chi connectivity index (χ1) is 13.2. The van der Waals surface area contributed by atoms with Crippen LogP contribution >= 0.6 is 0 Å². The second kappa shape index (κ2) is 8.32. The Hall–Kier alpha value is -3.40. The number of aromatic nitrogens is 2. The number of carbonyl (C=O) groups excluding carboxylic acids is 1. The van der Waals surface area contributed by atoms with Crippen LogP contribution in [0.1, 0.15) is 24.8 Å². The van der Waals surface area contributed by atoms with Crippen molar-refractivity contribution in [3.05, 3.63) is 58.5 Å². The summed E-state index contributed by atoms with van der Waals surface area (Å²) in [5.41, 5.74) is 0.357. The van der Waals surface area contributed by atoms with E-state index in [0.29, 0.717) is 11.5 Å². The van der Waals surface area contributed by atoms with Crippen LogP contribution in [0, 0.1) is 11.3 Å². The molecule has 27 heavy (non-hydrogen) atoms. The third kappa shape index (κ3) is 3.90. The van der Waals surface area contributed by atoms with Crippen LogP contribution in [0.4, 0.5) is 5.82 Å². The fraction of sp³-hybridized carbons (Fsp3) is 0.300. The zero-order valence-electron chi connectivity index (χ0n) is 15.0. The first-order valence-electron chi connectivity index (χ1n) is 8.93. The molecule has 1 fully saturated rings. The number of nitriles is 1. The highest BCUT2D eigenvalue weighted by Gasteiger charge is 2.20. The van der Waals surface area contributed by atoms with E-state index >= 15 is 0 Å². The Morgan fingerprint density at radius 1 is 1.33 bits per heavy atom. The second-order valence-electron chi connectivity index (χ2n) is 6.30. The predicted molar refractivity (Wildman–Crippen MR) is 104 cm³/mol. The molecule has 0 radical (unpaired) electrons. The molecule has 1 aliphatic rings. The van der Waals surface area contributed by atoms with Crippen LogP contribution in [0.25, 0.3) is 11.7 Å². The average Bonchev–Trinajstić information content (AvgIpc) is 2.72. The molecule has 0 spiro atoms. The Morgan fingerprint density at radius 2 is 2.11 bits per heavy atom. The van der Waals surface area contributed by atoms with Crippen LogP contribution in [0.2, 0.25) is 0 Å². The van der Waals surface area contributed by atoms with E-state index in [2.05, 4.69) is 21.8 Å². The molecule has 7 heteroatoms. The largest absolute Gasteiger partial charge is 0.356 e. The van der Waals surface area contributed by atoms with Gasteiger partial charge in [-0.3, -0.25) is 14.0 Å². The Kier molecular flexibility index (Phi) is 5.67. The lowest BCUT2D eigenvalue weighted by Gasteiger charge is -2.29. The van der Waals surface area contributed by atoms with Gasteiger partial charge in [0, 0.05) is 25.8 Å². The second-order valence-corrected chi connectivity index (χ2v) is 6.30. The van der Waals surface area contributed by atoms with Gasteiger partial charge in [-0.05, 0) is 37.5 Å². The van der Waals surface area contributed by atoms with Gasteiger partial charge < -0.3 is 10.2 Å². The zero-order valence-corrected chi connectivity index (χ0v) is 15.0. The molecule has 1 amide bonds. The van der Waals surface area contributed by atoms with Crippen LogP contribution in [0.3, 0.4) is 0 Å². The lowest BCUT2D eigenvalue weighted by molar-refractivity contribution is -0.116. The number of carbonyl (C=O) groups is 1. The van der Waals surface area contributed by atoms with E-state index in [4.69, 9.17) is 0 Å². The van der Waals surface area contributed by atoms with Crippen molar-refractivity contribution in [3.63, 3.8) is 0 Å². The summed E-state index contributed by atoms with van der Waals surface area (Å²) in [6.07, 6.45) is 7.68. The Morgan fingerprint density at radius 3 is 2.81 bits per heavy atom. The minimum atomic E-state index is -0.542. The number of anilines is 1. The molecule has 0 saturated carbocycles. The van der Waals surface area contributed by atoms with Crippen molar-refractivity contribution in [3.8, 4) is 6.07 Å². The van der Waals surface area contributed by atoms with E-state index < -0.39 is 5.91 Å². The number of amides is 1. The number of nitrogens with one attached hydrogen (secondary N) is 1. The Labute approximate surface area is 157 Å². The maximum atomic E-state index is 13.1. The monoisotopic (exact) mass is 363 g/mol. The van der Waals surface area contributed by atoms with Crippen LogP contribution in [0.5, 0.6) is 0 Å². The summed E-state index contributed by atoms with van der Waals surface area (Å²) >= 11 is 0. The van der Waals surface area contributed by atoms with Crippen molar-refractivity contribution >= 4 is 23.4 Å². The summed E-state index contributed by atoms with van der Waals surface area (Å²) in [6, 6.07) is 7.22. The fourth-order valence-electron chi connectivity index (χ4n) is 3.12. The topological polar surface area (TPSA) is 90.5 Å². The first kappa shape index (κ1) is 18.4. The summed E-state index contributed by atoms with van der Waals surface area (Å²) in [7, 11) is 0. The minimum Gasteiger partial charge on any atom is -0.356 e. The molecular formula is C20H21N5O2. The quantitative estimate of drug-likeness (QED) is 0.498. The summed E-state index contributed by atoms with van der Waals surface area (Å²) in [5.74, 6) is -0.0188. The summed E-state index contributed by atoms with van der Waals surface area (Å²) < 4.78 is 1.43. The van der Waals surface area contributed by atoms with Gasteiger partial charge in [0.2, 0.25) is 0 Å². The number of fused-ring (bicyclic) bond motifs is 1. The SMILES string of the molecule is C=CCNC(=O)/C(C#N)=C/c1c(N2CCCCC2)nc2ccccn2c1=O. The number of hydrogen-bond acceptors (Lipinski definition) is 5. The third-order valence-electron chi connectivity index (χ3n) is 4.47. The fourth-order valence-corrected chi connectivity index (χ4v) is 3.12. The Balaban J connectivity index is 2.16. The standard InChI is InChI=1S/C20H21N5O2/c1-2-9-22-19(26)15(14-21)13-16-18(24-10-5-3-6-11-24)23-17-8-4-7-12-25(17)20(16)27/h2,4,7-8,12-13H,1,3,5-6,9-11H2,(H,22,26)/b15-13+. The molecule has 1 aliphatic heterocycles. The normalized spacial score (nSPS) is 14.6. The van der Waals surface area contributed by atoms with Gasteiger partial charge >= 0.3 is 0 Å². The van der Waals surface area contributed by atoms with Crippen LogP contribution in [-0.2, 0) is 4.79 Å². The minimum absolute atomic E-state index is 0.134. The third-order valence-corrected chi connectivity index (χ3v) is 4.47. The van der Waals surface area contributed by atoms with Gasteiger partial charge in [-0.15, -0.1) is 6.58 Å². The van der Waals surface area contributed by atoms with Crippen molar-refractivity contribution in [2.45, 2.75) is 19.3 Å². The van der Waals surface area contributed by atoms with Crippen LogP contribution in [0.15, 0.2) is 47.4 Å². The van der Waals surface area contributed by atoms with E-state index in [0.717, 1.165) is 32.4 Å². The van der Waals surface area contributed by atoms with Gasteiger partial charge in [-0.2, -0.15) is 5.26 Å². The molecule has 2 aromatic heterocycles. The molecule has 1 N–H and O–H groups in total. The van der Waals surface area contributed by atoms with Crippen LogP contribution in [-0.4, -0.2) is 34.9 Å². The molecule has 2 aromatic rings. The smallest absolute Gasteiger partial charge is 0.267 e. The summed E-state index contributed by atoms with van der Waals surface area (Å²) in [5, 5.41) is 12.0. The first-order valence-corrected chi connectivity index (χ1v) is 8.93. The highest BCUT2D eigenvalue weighted by Crippen LogP contribution is 2.22. The molecule has 7 nitrogen and oxygen atoms in total. The highest BCUT2D eigenvalue weighted by molar-refractivity contribution is 6.02. The van der Waals surface area contributed by atoms with Gasteiger partial charge in [0.25, 0.3) is 11.5 Å². The van der Waals surface area contributed by atoms with E-state index in [1.807, 2.05) is 12.1 Å². The zero-order chi connectivity index (χ0) is 19.2. The van der Waals surface area contributed by atoms with E-state index in [-0.39, 0.29) is 23.2 Å². The highest BCUT2D eigenvalue weighted by atomic mass is 16.1. The maximum absolute atomic E-state index is 13.1. The van der Waals surface area contributed by atoms with Crippen molar-refractivity contribution < 1.29 is 4.79 Å². The molecule has 3 rings (SSSR count). The average molecular weight is 363 g/mol. The molecular weight excluding hydrogens is 342 g/mol. The Bertz CT molecular complexity index is 994. The summed E-state index contributed by atoms with van der Waals surface area (Å²) in [4.78, 5) is 32.0. The van der Waals surface area contributed by atoms with Gasteiger partial charge in [0.1, 0.15) is 23.1 Å². The van der Waals surface area contributed by atoms with E-state index in [9.17, 15) is 14.9 Å². The van der Waals surface area contributed by atoms with Gasteiger partial charge in [-0.25, -0.2) is 4.98 Å². The van der Waals surface area contributed by atoms with Crippen molar-refractivity contribution in [1.82, 2.24) is 14.7 Å². The predicted octanol–water partition coefficient (Wildman–Crippen LogP) is 1.89. The molecule has 0 aliphatic carbocycles. The molecule has 1 saturated heterocycles. The van der Waals surface area contributed by atoms with Crippen molar-refractivity contribution in [2.75, 3.05) is 24.5 Å². The van der Waals surface area contributed by atoms with Gasteiger partial charge in [-0.1, -0.05) is 12.1 Å². The maximum Gasteiger partial charge on any atom is 0.267 e. The number of nitrogens with zero attached hydrogens (tertiary/aromatic N) is 4. The van der Waals surface area contributed by atoms with E-state index in [1.165, 1.54) is 16.6 Å². The number of hydrogen-bond donors (Lipinski definition) is 1. The lowest BCUT2D eigenvalue weighted by Crippen LogP contribution is -2.33. The number of rotatable bonds is 5. The van der Waals surface area contributed by atoms with Gasteiger partial charge in [0.05, 0.1) is 5.56 Å². The molecule has 138 valence electrons. The molecule has 0 aromatic carbocycles. The van der Waals surface area contributed by atoms with Gasteiger partial charge in [0.15, 0.2) is 0 Å². The number of piperidine rings is 1. The molecule has 3 heterocycles. The molecule has 0 bridgehead atoms. The lowest BCUT2D eigenvalue weighted by atomic mass is 10.1. The molecule has 0 atom stereocenters. The van der Waals surface area contributed by atoms with E-state index in [1.54, 1.807) is 18.3 Å². The van der Waals surface area contributed by atoms with Crippen molar-refractivity contribution in [1.29, 1.82) is 5.26 Å². The van der Waals surface area contributed by atoms with Crippen molar-refractivity contribution in [2.24, 2.45) is 0 Å². The van der Waals surface area contributed by atoms with Crippen LogP contribution < -0.4 is 15.8 Å². The molecule has 0 unspecified atom stereocenters. The number of pyridine rings is 1.